The Hall–Kier alpha value is -1.57. The van der Waals surface area contributed by atoms with E-state index in [0.29, 0.717) is 5.92 Å². The highest BCUT2D eigenvalue weighted by Gasteiger charge is 2.55. The summed E-state index contributed by atoms with van der Waals surface area (Å²) in [6.45, 7) is 6.39. The van der Waals surface area contributed by atoms with Gasteiger partial charge in [0, 0.05) is 0 Å². The van der Waals surface area contributed by atoms with Crippen LogP contribution in [0.1, 0.15) is 39.2 Å². The molecule has 1 aliphatic carbocycles. The minimum absolute atomic E-state index is 0.0851. The van der Waals surface area contributed by atoms with Crippen molar-refractivity contribution in [1.29, 1.82) is 0 Å². The Labute approximate surface area is 121 Å². The maximum atomic E-state index is 12.1. The summed E-state index contributed by atoms with van der Waals surface area (Å²) < 4.78 is 5.02. The molecule has 0 aliphatic heterocycles. The zero-order valence-corrected chi connectivity index (χ0v) is 12.8. The summed E-state index contributed by atoms with van der Waals surface area (Å²) in [4.78, 5) is 12.1. The second-order valence-corrected chi connectivity index (χ2v) is 6.46. The molecule has 1 aliphatic rings. The van der Waals surface area contributed by atoms with Crippen LogP contribution in [0.4, 0.5) is 0 Å². The Kier molecular flexibility index (Phi) is 4.03. The van der Waals surface area contributed by atoms with E-state index in [1.807, 2.05) is 25.1 Å². The molecule has 0 bridgehead atoms. The van der Waals surface area contributed by atoms with Crippen molar-refractivity contribution in [2.24, 2.45) is 16.7 Å². The van der Waals surface area contributed by atoms with Gasteiger partial charge in [-0.15, -0.1) is 0 Å². The first-order chi connectivity index (χ1) is 9.41. The third-order valence-corrected chi connectivity index (χ3v) is 5.26. The standard InChI is InChI=1S/C18H24O2/c1-17(2)15(11-10-14-8-6-5-7-9-14)12-13-18(17,3)16(19)20-4/h5-11,15H,12-13H2,1-4H3/b11-10-/t15-,18+/m1/s1. The van der Waals surface area contributed by atoms with Crippen LogP contribution in [0.2, 0.25) is 0 Å². The number of ether oxygens (including phenoxy) is 1. The van der Waals surface area contributed by atoms with Crippen LogP contribution < -0.4 is 0 Å². The van der Waals surface area contributed by atoms with E-state index in [2.05, 4.69) is 38.1 Å². The first-order valence-electron chi connectivity index (χ1n) is 7.23. The minimum Gasteiger partial charge on any atom is -0.469 e. The van der Waals surface area contributed by atoms with E-state index in [1.54, 1.807) is 0 Å². The van der Waals surface area contributed by atoms with Gasteiger partial charge in [-0.25, -0.2) is 0 Å². The summed E-state index contributed by atoms with van der Waals surface area (Å²) >= 11 is 0. The van der Waals surface area contributed by atoms with E-state index in [9.17, 15) is 4.79 Å². The fraction of sp³-hybridized carbons (Fsp3) is 0.500. The largest absolute Gasteiger partial charge is 0.469 e. The van der Waals surface area contributed by atoms with Crippen LogP contribution in [0.5, 0.6) is 0 Å². The number of allylic oxidation sites excluding steroid dienone is 1. The van der Waals surface area contributed by atoms with Gasteiger partial charge in [-0.1, -0.05) is 56.3 Å². The molecule has 2 rings (SSSR count). The highest BCUT2D eigenvalue weighted by atomic mass is 16.5. The monoisotopic (exact) mass is 272 g/mol. The Morgan fingerprint density at radius 1 is 1.25 bits per heavy atom. The first kappa shape index (κ1) is 14.8. The van der Waals surface area contributed by atoms with Crippen molar-refractivity contribution in [3.8, 4) is 0 Å². The lowest BCUT2D eigenvalue weighted by Crippen LogP contribution is -2.41. The molecular weight excluding hydrogens is 248 g/mol. The molecule has 0 heterocycles. The number of carbonyl (C=O) groups is 1. The van der Waals surface area contributed by atoms with Crippen LogP contribution >= 0.6 is 0 Å². The van der Waals surface area contributed by atoms with Crippen molar-refractivity contribution < 1.29 is 9.53 Å². The Balaban J connectivity index is 2.20. The molecule has 0 unspecified atom stereocenters. The van der Waals surface area contributed by atoms with Gasteiger partial charge in [0.2, 0.25) is 0 Å². The fourth-order valence-corrected chi connectivity index (χ4v) is 3.25. The SMILES string of the molecule is COC(=O)[C@]1(C)CC[C@@H](/C=C\c2ccccc2)C1(C)C. The number of esters is 1. The second kappa shape index (κ2) is 5.43. The normalized spacial score (nSPS) is 28.7. The van der Waals surface area contributed by atoms with Crippen molar-refractivity contribution in [3.63, 3.8) is 0 Å². The van der Waals surface area contributed by atoms with Crippen molar-refractivity contribution in [2.45, 2.75) is 33.6 Å². The van der Waals surface area contributed by atoms with Crippen LogP contribution in [0.3, 0.4) is 0 Å². The van der Waals surface area contributed by atoms with Crippen molar-refractivity contribution in [2.75, 3.05) is 7.11 Å². The molecule has 0 radical (unpaired) electrons. The quantitative estimate of drug-likeness (QED) is 0.766. The molecule has 2 heteroatoms. The molecule has 1 fully saturated rings. The maximum Gasteiger partial charge on any atom is 0.312 e. The van der Waals surface area contributed by atoms with Gasteiger partial charge in [0.15, 0.2) is 0 Å². The molecule has 0 saturated heterocycles. The lowest BCUT2D eigenvalue weighted by molar-refractivity contribution is -0.157. The van der Waals surface area contributed by atoms with E-state index >= 15 is 0 Å². The number of hydrogen-bond donors (Lipinski definition) is 0. The van der Waals surface area contributed by atoms with Crippen molar-refractivity contribution >= 4 is 12.0 Å². The van der Waals surface area contributed by atoms with Gasteiger partial charge in [0.25, 0.3) is 0 Å². The average Bonchev–Trinajstić information content (AvgIpc) is 2.69. The van der Waals surface area contributed by atoms with E-state index in [0.717, 1.165) is 12.8 Å². The summed E-state index contributed by atoms with van der Waals surface area (Å²) in [6.07, 6.45) is 6.33. The molecule has 2 atom stereocenters. The van der Waals surface area contributed by atoms with Crippen LogP contribution in [0.25, 0.3) is 6.08 Å². The van der Waals surface area contributed by atoms with E-state index in [1.165, 1.54) is 12.7 Å². The molecule has 1 aromatic carbocycles. The third-order valence-electron chi connectivity index (χ3n) is 5.26. The number of hydrogen-bond acceptors (Lipinski definition) is 2. The summed E-state index contributed by atoms with van der Waals surface area (Å²) in [7, 11) is 1.48. The summed E-state index contributed by atoms with van der Waals surface area (Å²) in [5.74, 6) is 0.310. The molecule has 0 amide bonds. The van der Waals surface area contributed by atoms with Crippen LogP contribution in [-0.4, -0.2) is 13.1 Å². The molecule has 0 aromatic heterocycles. The molecular formula is C18H24O2. The highest BCUT2D eigenvalue weighted by Crippen LogP contribution is 2.57. The van der Waals surface area contributed by atoms with E-state index in [-0.39, 0.29) is 11.4 Å². The Morgan fingerprint density at radius 3 is 2.50 bits per heavy atom. The molecule has 0 spiro atoms. The summed E-state index contributed by atoms with van der Waals surface area (Å²) in [5, 5.41) is 0. The zero-order valence-electron chi connectivity index (χ0n) is 12.8. The predicted octanol–water partition coefficient (Wildman–Crippen LogP) is 4.32. The Bertz CT molecular complexity index is 501. The van der Waals surface area contributed by atoms with Crippen LogP contribution in [0, 0.1) is 16.7 Å². The Morgan fingerprint density at radius 2 is 1.90 bits per heavy atom. The number of rotatable bonds is 3. The fourth-order valence-electron chi connectivity index (χ4n) is 3.25. The summed E-state index contributed by atoms with van der Waals surface area (Å²) in [6, 6.07) is 10.3. The average molecular weight is 272 g/mol. The smallest absolute Gasteiger partial charge is 0.312 e. The number of benzene rings is 1. The number of methoxy groups -OCH3 is 1. The predicted molar refractivity (Wildman–Crippen MR) is 82.1 cm³/mol. The number of carbonyl (C=O) groups excluding carboxylic acids is 1. The second-order valence-electron chi connectivity index (χ2n) is 6.46. The summed E-state index contributed by atoms with van der Waals surface area (Å²) in [5.41, 5.74) is 0.716. The van der Waals surface area contributed by atoms with Gasteiger partial charge >= 0.3 is 5.97 Å². The van der Waals surface area contributed by atoms with Gasteiger partial charge in [-0.05, 0) is 36.7 Å². The first-order valence-corrected chi connectivity index (χ1v) is 7.23. The lowest BCUT2D eigenvalue weighted by Gasteiger charge is -2.38. The van der Waals surface area contributed by atoms with Gasteiger partial charge < -0.3 is 4.74 Å². The van der Waals surface area contributed by atoms with E-state index in [4.69, 9.17) is 4.74 Å². The maximum absolute atomic E-state index is 12.1. The van der Waals surface area contributed by atoms with Crippen molar-refractivity contribution in [3.05, 3.63) is 42.0 Å². The highest BCUT2D eigenvalue weighted by molar-refractivity contribution is 5.78. The van der Waals surface area contributed by atoms with Gasteiger partial charge in [0.05, 0.1) is 12.5 Å². The van der Waals surface area contributed by atoms with Crippen LogP contribution in [0.15, 0.2) is 36.4 Å². The minimum atomic E-state index is -0.395. The van der Waals surface area contributed by atoms with Gasteiger partial charge in [-0.3, -0.25) is 4.79 Å². The molecule has 0 N–H and O–H groups in total. The lowest BCUT2D eigenvalue weighted by atomic mass is 9.65. The molecule has 20 heavy (non-hydrogen) atoms. The third kappa shape index (κ3) is 2.39. The topological polar surface area (TPSA) is 26.3 Å². The van der Waals surface area contributed by atoms with Crippen LogP contribution in [-0.2, 0) is 9.53 Å². The van der Waals surface area contributed by atoms with E-state index < -0.39 is 5.41 Å². The van der Waals surface area contributed by atoms with Crippen molar-refractivity contribution in [1.82, 2.24) is 0 Å². The molecule has 108 valence electrons. The molecule has 2 nitrogen and oxygen atoms in total. The van der Waals surface area contributed by atoms with Gasteiger partial charge in [-0.2, -0.15) is 0 Å². The molecule has 1 saturated carbocycles. The van der Waals surface area contributed by atoms with Gasteiger partial charge in [0.1, 0.15) is 0 Å². The molecule has 1 aromatic rings. The zero-order chi connectivity index (χ0) is 14.8.